The molecule has 1 aliphatic heterocycles. The van der Waals surface area contributed by atoms with E-state index >= 15 is 0 Å². The van der Waals surface area contributed by atoms with Gasteiger partial charge in [-0.25, -0.2) is 0 Å². The lowest BCUT2D eigenvalue weighted by molar-refractivity contribution is -0.123. The molecule has 1 amide bonds. The van der Waals surface area contributed by atoms with Crippen LogP contribution in [0.5, 0.6) is 0 Å². The second-order valence-corrected chi connectivity index (χ2v) is 6.94. The van der Waals surface area contributed by atoms with E-state index in [1.807, 2.05) is 6.92 Å². The van der Waals surface area contributed by atoms with Crippen molar-refractivity contribution in [2.24, 2.45) is 0 Å². The molecule has 5 nitrogen and oxygen atoms in total. The molecular weight excluding hydrogens is 314 g/mol. The summed E-state index contributed by atoms with van der Waals surface area (Å²) in [6.07, 6.45) is 1.99. The number of nitrogens with one attached hydrogen (secondary N) is 1. The van der Waals surface area contributed by atoms with E-state index in [2.05, 4.69) is 53.2 Å². The highest BCUT2D eigenvalue weighted by molar-refractivity contribution is 5.78. The molecule has 1 aliphatic rings. The van der Waals surface area contributed by atoms with Crippen LogP contribution in [0.25, 0.3) is 0 Å². The second kappa shape index (κ2) is 9.90. The zero-order valence-electron chi connectivity index (χ0n) is 15.9. The van der Waals surface area contributed by atoms with Crippen molar-refractivity contribution >= 4 is 5.91 Å². The van der Waals surface area contributed by atoms with E-state index in [9.17, 15) is 9.90 Å². The van der Waals surface area contributed by atoms with Crippen LogP contribution in [0.2, 0.25) is 0 Å². The molecule has 1 fully saturated rings. The van der Waals surface area contributed by atoms with Gasteiger partial charge in [0.05, 0.1) is 19.2 Å². The van der Waals surface area contributed by atoms with Crippen molar-refractivity contribution in [2.45, 2.75) is 45.7 Å². The van der Waals surface area contributed by atoms with Gasteiger partial charge in [0, 0.05) is 32.2 Å². The number of carbonyl (C=O) groups excluding carboxylic acids is 1. The van der Waals surface area contributed by atoms with Gasteiger partial charge in [-0.05, 0) is 30.9 Å². The molecule has 1 aromatic carbocycles. The van der Waals surface area contributed by atoms with Gasteiger partial charge < -0.3 is 10.4 Å². The van der Waals surface area contributed by atoms with E-state index < -0.39 is 0 Å². The Kier molecular flexibility index (Phi) is 7.88. The number of amides is 1. The van der Waals surface area contributed by atoms with E-state index in [4.69, 9.17) is 0 Å². The van der Waals surface area contributed by atoms with Gasteiger partial charge in [-0.1, -0.05) is 38.1 Å². The molecule has 2 atom stereocenters. The summed E-state index contributed by atoms with van der Waals surface area (Å²) in [4.78, 5) is 16.9. The average molecular weight is 348 g/mol. The zero-order valence-corrected chi connectivity index (χ0v) is 15.9. The largest absolute Gasteiger partial charge is 0.395 e. The number of hydrogen-bond acceptors (Lipinski definition) is 4. The smallest absolute Gasteiger partial charge is 0.234 e. The van der Waals surface area contributed by atoms with Gasteiger partial charge in [0.15, 0.2) is 0 Å². The van der Waals surface area contributed by atoms with Crippen LogP contribution >= 0.6 is 0 Å². The van der Waals surface area contributed by atoms with Crippen LogP contribution in [0.1, 0.15) is 44.4 Å². The third-order valence-corrected chi connectivity index (χ3v) is 5.24. The average Bonchev–Trinajstić information content (AvgIpc) is 2.64. The molecule has 2 N–H and O–H groups in total. The topological polar surface area (TPSA) is 55.8 Å². The summed E-state index contributed by atoms with van der Waals surface area (Å²) in [5.41, 5.74) is 2.46. The van der Waals surface area contributed by atoms with Crippen LogP contribution in [0.4, 0.5) is 0 Å². The molecule has 0 saturated carbocycles. The van der Waals surface area contributed by atoms with E-state index in [-0.39, 0.29) is 24.6 Å². The van der Waals surface area contributed by atoms with Crippen molar-refractivity contribution in [3.63, 3.8) is 0 Å². The van der Waals surface area contributed by atoms with Crippen LogP contribution in [0.3, 0.4) is 0 Å². The van der Waals surface area contributed by atoms with Crippen LogP contribution in [0, 0.1) is 0 Å². The number of piperazine rings is 1. The van der Waals surface area contributed by atoms with Crippen LogP contribution in [0.15, 0.2) is 24.3 Å². The van der Waals surface area contributed by atoms with Gasteiger partial charge in [0.2, 0.25) is 5.91 Å². The Hall–Kier alpha value is -1.43. The molecule has 140 valence electrons. The monoisotopic (exact) mass is 347 g/mol. The molecule has 5 heteroatoms. The maximum Gasteiger partial charge on any atom is 0.234 e. The molecule has 25 heavy (non-hydrogen) atoms. The third kappa shape index (κ3) is 5.80. The van der Waals surface area contributed by atoms with Crippen molar-refractivity contribution in [2.75, 3.05) is 39.3 Å². The van der Waals surface area contributed by atoms with Gasteiger partial charge in [-0.3, -0.25) is 14.6 Å². The summed E-state index contributed by atoms with van der Waals surface area (Å²) >= 11 is 0. The van der Waals surface area contributed by atoms with Crippen LogP contribution in [-0.4, -0.2) is 66.2 Å². The highest BCUT2D eigenvalue weighted by atomic mass is 16.3. The Morgan fingerprint density at radius 3 is 2.32 bits per heavy atom. The van der Waals surface area contributed by atoms with E-state index in [1.165, 1.54) is 5.56 Å². The molecule has 0 aliphatic carbocycles. The van der Waals surface area contributed by atoms with Crippen LogP contribution < -0.4 is 5.32 Å². The molecule has 1 heterocycles. The molecule has 0 spiro atoms. The number of aliphatic hydroxyl groups excluding tert-OH is 1. The molecule has 1 saturated heterocycles. The van der Waals surface area contributed by atoms with Gasteiger partial charge in [-0.15, -0.1) is 0 Å². The minimum atomic E-state index is 0.0264. The Morgan fingerprint density at radius 2 is 1.80 bits per heavy atom. The van der Waals surface area contributed by atoms with Crippen molar-refractivity contribution in [3.8, 4) is 0 Å². The molecular formula is C20H33N3O2. The van der Waals surface area contributed by atoms with E-state index in [0.717, 1.165) is 44.6 Å². The predicted octanol–water partition coefficient (Wildman–Crippen LogP) is 1.81. The van der Waals surface area contributed by atoms with Crippen molar-refractivity contribution in [1.29, 1.82) is 0 Å². The summed E-state index contributed by atoms with van der Waals surface area (Å²) in [6, 6.07) is 8.73. The fraction of sp³-hybridized carbons (Fsp3) is 0.650. The van der Waals surface area contributed by atoms with E-state index in [0.29, 0.717) is 6.54 Å². The number of aryl methyl sites for hydroxylation is 1. The van der Waals surface area contributed by atoms with Crippen molar-refractivity contribution in [1.82, 2.24) is 15.1 Å². The minimum absolute atomic E-state index is 0.0264. The number of aliphatic hydroxyl groups is 1. The molecule has 1 aromatic rings. The summed E-state index contributed by atoms with van der Waals surface area (Å²) < 4.78 is 0. The first-order valence-corrected chi connectivity index (χ1v) is 9.52. The first-order chi connectivity index (χ1) is 12.1. The van der Waals surface area contributed by atoms with E-state index in [1.54, 1.807) is 0 Å². The highest BCUT2D eigenvalue weighted by Gasteiger charge is 2.23. The predicted molar refractivity (Wildman–Crippen MR) is 102 cm³/mol. The number of carbonyl (C=O) groups is 1. The Bertz CT molecular complexity index is 520. The Balaban J connectivity index is 1.76. The van der Waals surface area contributed by atoms with Crippen LogP contribution in [-0.2, 0) is 11.2 Å². The Labute approximate surface area is 152 Å². The lowest BCUT2D eigenvalue weighted by atomic mass is 10.0. The summed E-state index contributed by atoms with van der Waals surface area (Å²) in [6.45, 7) is 10.5. The van der Waals surface area contributed by atoms with Crippen molar-refractivity contribution < 1.29 is 9.90 Å². The Morgan fingerprint density at radius 1 is 1.16 bits per heavy atom. The fourth-order valence-electron chi connectivity index (χ4n) is 3.40. The molecule has 2 unspecified atom stereocenters. The summed E-state index contributed by atoms with van der Waals surface area (Å²) in [7, 11) is 0. The molecule has 0 radical (unpaired) electrons. The SMILES string of the molecule is CCc1ccc(C(C)NC(=O)CN2CCN(C(CC)CO)CC2)cc1. The fourth-order valence-corrected chi connectivity index (χ4v) is 3.40. The number of hydrogen-bond donors (Lipinski definition) is 2. The van der Waals surface area contributed by atoms with Crippen molar-refractivity contribution in [3.05, 3.63) is 35.4 Å². The number of benzene rings is 1. The lowest BCUT2D eigenvalue weighted by Gasteiger charge is -2.38. The maximum absolute atomic E-state index is 12.3. The standard InChI is InChI=1S/C20H33N3O2/c1-4-17-6-8-18(9-7-17)16(3)21-20(25)14-22-10-12-23(13-11-22)19(5-2)15-24/h6-9,16,19,24H,4-5,10-15H2,1-3H3,(H,21,25). The third-order valence-electron chi connectivity index (χ3n) is 5.24. The first kappa shape index (κ1) is 19.9. The number of nitrogens with zero attached hydrogens (tertiary/aromatic N) is 2. The van der Waals surface area contributed by atoms with Gasteiger partial charge in [0.1, 0.15) is 0 Å². The van der Waals surface area contributed by atoms with Gasteiger partial charge >= 0.3 is 0 Å². The molecule has 0 aromatic heterocycles. The normalized spacial score (nSPS) is 18.7. The molecule has 0 bridgehead atoms. The maximum atomic E-state index is 12.3. The summed E-state index contributed by atoms with van der Waals surface area (Å²) in [5.74, 6) is 0.0784. The quantitative estimate of drug-likeness (QED) is 0.753. The first-order valence-electron chi connectivity index (χ1n) is 9.52. The van der Waals surface area contributed by atoms with Gasteiger partial charge in [-0.2, -0.15) is 0 Å². The summed E-state index contributed by atoms with van der Waals surface area (Å²) in [5, 5.41) is 12.5. The molecule has 2 rings (SSSR count). The highest BCUT2D eigenvalue weighted by Crippen LogP contribution is 2.14. The second-order valence-electron chi connectivity index (χ2n) is 6.94. The van der Waals surface area contributed by atoms with Gasteiger partial charge in [0.25, 0.3) is 0 Å². The lowest BCUT2D eigenvalue weighted by Crippen LogP contribution is -2.53. The zero-order chi connectivity index (χ0) is 18.2. The number of rotatable bonds is 8. The minimum Gasteiger partial charge on any atom is -0.395 e.